The van der Waals surface area contributed by atoms with Crippen LogP contribution in [0.5, 0.6) is 11.5 Å². The van der Waals surface area contributed by atoms with E-state index in [4.69, 9.17) is 9.72 Å². The molecule has 0 radical (unpaired) electrons. The molecule has 0 aliphatic carbocycles. The van der Waals surface area contributed by atoms with Crippen LogP contribution < -0.4 is 41.1 Å². The summed E-state index contributed by atoms with van der Waals surface area (Å²) in [4.78, 5) is 11.8. The molecule has 2 aliphatic heterocycles. The summed E-state index contributed by atoms with van der Waals surface area (Å²) >= 11 is 0. The molecule has 8 heteroatoms. The average molecular weight is 897 g/mol. The molecule has 7 aromatic rings. The first-order chi connectivity index (χ1) is 26.0. The predicted octanol–water partition coefficient (Wildman–Crippen LogP) is 6.07. The maximum Gasteiger partial charge on any atom is 3.00 e. The van der Waals surface area contributed by atoms with Crippen molar-refractivity contribution in [3.8, 4) is 34.0 Å². The summed E-state index contributed by atoms with van der Waals surface area (Å²) in [5.41, 5.74) is 8.99. The van der Waals surface area contributed by atoms with Crippen molar-refractivity contribution in [3.05, 3.63) is 171 Å². The number of rotatable bonds is 6. The van der Waals surface area contributed by atoms with Crippen molar-refractivity contribution >= 4 is 47.4 Å². The minimum Gasteiger partial charge on any atom is -0.458 e. The third-order valence-electron chi connectivity index (χ3n) is 10.4. The summed E-state index contributed by atoms with van der Waals surface area (Å²) in [6, 6.07) is 52.7. The van der Waals surface area contributed by atoms with E-state index in [1.807, 2.05) is 71.6 Å². The SMILES string of the molecule is [CH2-][n+]1ccc(N2CCCC2)cc1-c1[c-]cc([Si](C)(C)c2ccccc2B2c3ccccc3Oc3ccccc32)nc1.[Ir+3].[c-]1ccccc1-c1ccccn1. The van der Waals surface area contributed by atoms with Gasteiger partial charge < -0.3 is 24.2 Å². The molecule has 5 nitrogen and oxygen atoms in total. The molecule has 266 valence electrons. The Morgan fingerprint density at radius 1 is 0.741 bits per heavy atom. The van der Waals surface area contributed by atoms with E-state index in [9.17, 15) is 0 Å². The van der Waals surface area contributed by atoms with E-state index in [2.05, 4.69) is 121 Å². The van der Waals surface area contributed by atoms with Crippen molar-refractivity contribution in [3.63, 3.8) is 0 Å². The normalized spacial score (nSPS) is 13.1. The van der Waals surface area contributed by atoms with E-state index >= 15 is 0 Å². The summed E-state index contributed by atoms with van der Waals surface area (Å²) in [6.45, 7) is 7.12. The Bertz CT molecular complexity index is 2250. The molecule has 0 amide bonds. The fourth-order valence-corrected chi connectivity index (χ4v) is 10.1. The van der Waals surface area contributed by atoms with Crippen LogP contribution in [0.2, 0.25) is 13.1 Å². The molecule has 4 aromatic carbocycles. The molecule has 54 heavy (non-hydrogen) atoms. The van der Waals surface area contributed by atoms with Crippen molar-refractivity contribution < 1.29 is 29.4 Å². The second-order valence-electron chi connectivity index (χ2n) is 14.1. The largest absolute Gasteiger partial charge is 3.00 e. The molecule has 0 bridgehead atoms. The fourth-order valence-electron chi connectivity index (χ4n) is 7.53. The van der Waals surface area contributed by atoms with Crippen LogP contribution in [-0.4, -0.2) is 37.8 Å². The summed E-state index contributed by atoms with van der Waals surface area (Å²) in [5.74, 6) is 1.86. The fraction of sp³-hybridized carbons (Fsp3) is 0.130. The van der Waals surface area contributed by atoms with Gasteiger partial charge in [0.2, 0.25) is 0 Å². The molecule has 0 atom stereocenters. The van der Waals surface area contributed by atoms with Gasteiger partial charge in [0, 0.05) is 32.0 Å². The summed E-state index contributed by atoms with van der Waals surface area (Å²) in [5, 5.41) is 2.50. The van der Waals surface area contributed by atoms with E-state index in [0.29, 0.717) is 0 Å². The molecule has 9 rings (SSSR count). The number of aromatic nitrogens is 3. The number of para-hydroxylation sites is 2. The Morgan fingerprint density at radius 2 is 1.41 bits per heavy atom. The first-order valence-electron chi connectivity index (χ1n) is 18.3. The van der Waals surface area contributed by atoms with Crippen molar-refractivity contribution in [1.82, 2.24) is 9.97 Å². The molecule has 3 aromatic heterocycles. The third-order valence-corrected chi connectivity index (χ3v) is 13.7. The molecule has 0 unspecified atom stereocenters. The monoisotopic (exact) mass is 897 g/mol. The van der Waals surface area contributed by atoms with Gasteiger partial charge in [-0.1, -0.05) is 108 Å². The van der Waals surface area contributed by atoms with Gasteiger partial charge in [0.1, 0.15) is 17.2 Å². The molecule has 5 heterocycles. The zero-order valence-corrected chi connectivity index (χ0v) is 34.0. The van der Waals surface area contributed by atoms with Gasteiger partial charge in [0.05, 0.1) is 14.3 Å². The molecule has 0 spiro atoms. The molecular formula is C46H41BIrN4OSi+. The van der Waals surface area contributed by atoms with Gasteiger partial charge in [-0.25, -0.2) is 0 Å². The molecular weight excluding hydrogens is 856 g/mol. The summed E-state index contributed by atoms with van der Waals surface area (Å²) in [6.07, 6.45) is 8.32. The van der Waals surface area contributed by atoms with E-state index < -0.39 is 8.07 Å². The number of fused-ring (bicyclic) bond motifs is 2. The van der Waals surface area contributed by atoms with Gasteiger partial charge in [-0.05, 0) is 65.1 Å². The van der Waals surface area contributed by atoms with Crippen LogP contribution in [0.1, 0.15) is 12.8 Å². The standard InChI is InChI=1S/C35H33BN3OSi.C11H8N.Ir/c1-38-23-20-27(39-21-10-11-22-39)24-31(38)26-18-19-35(37-25-26)41(2,3)34-17-9-6-14-30(34)36-28-12-4-7-15-32(28)40-33-16-8-5-13-29(33)36;1-2-6-10(7-3-1)11-8-4-5-9-12-11;/h4-9,12-17,19-20,23-25H,1,10-11,21-22H2,2-3H3;1-6,8-9H;/q2*-1;+3. The Balaban J connectivity index is 0.000000294. The Labute approximate surface area is 334 Å². The second kappa shape index (κ2) is 16.4. The number of pyridine rings is 3. The van der Waals surface area contributed by atoms with Gasteiger partial charge in [0.25, 0.3) is 6.71 Å². The van der Waals surface area contributed by atoms with Crippen LogP contribution in [0.3, 0.4) is 0 Å². The minimum atomic E-state index is -2.21. The van der Waals surface area contributed by atoms with E-state index in [0.717, 1.165) is 52.4 Å². The predicted molar refractivity (Wildman–Crippen MR) is 220 cm³/mol. The molecule has 1 fully saturated rings. The zero-order chi connectivity index (χ0) is 36.2. The van der Waals surface area contributed by atoms with Crippen LogP contribution in [0.15, 0.2) is 152 Å². The van der Waals surface area contributed by atoms with Crippen molar-refractivity contribution in [1.29, 1.82) is 0 Å². The number of anilines is 1. The first-order valence-corrected chi connectivity index (χ1v) is 21.3. The Hall–Kier alpha value is -5.27. The quantitative estimate of drug-likeness (QED) is 0.116. The molecule has 1 saturated heterocycles. The van der Waals surface area contributed by atoms with Crippen molar-refractivity contribution in [2.75, 3.05) is 18.0 Å². The average Bonchev–Trinajstić information content (AvgIpc) is 3.77. The smallest absolute Gasteiger partial charge is 0.458 e. The van der Waals surface area contributed by atoms with Gasteiger partial charge in [0.15, 0.2) is 0 Å². The molecule has 2 aliphatic rings. The van der Waals surface area contributed by atoms with Gasteiger partial charge in [-0.15, -0.1) is 48.0 Å². The van der Waals surface area contributed by atoms with Gasteiger partial charge in [-0.3, -0.25) is 0 Å². The summed E-state index contributed by atoms with van der Waals surface area (Å²) in [7, 11) is 2.02. The number of hydrogen-bond acceptors (Lipinski definition) is 4. The number of ether oxygens (including phenoxy) is 1. The number of nitrogens with zero attached hydrogens (tertiary/aromatic N) is 4. The first kappa shape index (κ1) is 37.1. The van der Waals surface area contributed by atoms with Crippen LogP contribution in [0, 0.1) is 19.2 Å². The number of hydrogen-bond donors (Lipinski definition) is 0. The van der Waals surface area contributed by atoms with Gasteiger partial charge in [-0.2, -0.15) is 0 Å². The van der Waals surface area contributed by atoms with E-state index in [1.165, 1.54) is 40.1 Å². The Morgan fingerprint density at radius 3 is 2.06 bits per heavy atom. The van der Waals surface area contributed by atoms with Crippen LogP contribution in [0.25, 0.3) is 22.5 Å². The maximum atomic E-state index is 6.33. The van der Waals surface area contributed by atoms with Crippen LogP contribution in [-0.2, 0) is 20.1 Å². The summed E-state index contributed by atoms with van der Waals surface area (Å²) < 4.78 is 8.25. The second-order valence-corrected chi connectivity index (χ2v) is 18.4. The third kappa shape index (κ3) is 7.56. The van der Waals surface area contributed by atoms with Crippen molar-refractivity contribution in [2.45, 2.75) is 25.9 Å². The molecule has 0 saturated carbocycles. The zero-order valence-electron chi connectivity index (χ0n) is 30.6. The van der Waals surface area contributed by atoms with Gasteiger partial charge >= 0.3 is 20.1 Å². The molecule has 0 N–H and O–H groups in total. The van der Waals surface area contributed by atoms with Crippen LogP contribution in [0.4, 0.5) is 5.69 Å². The van der Waals surface area contributed by atoms with E-state index in [1.54, 1.807) is 6.20 Å². The van der Waals surface area contributed by atoms with Crippen molar-refractivity contribution in [2.24, 2.45) is 0 Å². The van der Waals surface area contributed by atoms with Crippen LogP contribution >= 0.6 is 0 Å². The number of benzene rings is 4. The van der Waals surface area contributed by atoms with E-state index in [-0.39, 0.29) is 26.8 Å². The minimum absolute atomic E-state index is 0. The Kier molecular flexibility index (Phi) is 11.3. The maximum absolute atomic E-state index is 6.33. The topological polar surface area (TPSA) is 42.1 Å².